The van der Waals surface area contributed by atoms with Crippen LogP contribution in [0.1, 0.15) is 25.0 Å². The molecule has 1 aliphatic rings. The van der Waals surface area contributed by atoms with Gasteiger partial charge in [-0.3, -0.25) is 0 Å². The first kappa shape index (κ1) is 34.8. The van der Waals surface area contributed by atoms with Gasteiger partial charge in [-0.2, -0.15) is 0 Å². The van der Waals surface area contributed by atoms with E-state index in [9.17, 15) is 0 Å². The zero-order valence-electron chi connectivity index (χ0n) is 33.0. The molecule has 0 radical (unpaired) electrons. The number of benzene rings is 9. The molecule has 0 unspecified atom stereocenters. The van der Waals surface area contributed by atoms with Crippen molar-refractivity contribution in [2.75, 3.05) is 0 Å². The van der Waals surface area contributed by atoms with E-state index in [-0.39, 0.29) is 5.41 Å². The Morgan fingerprint density at radius 3 is 1.61 bits per heavy atom. The smallest absolute Gasteiger partial charge is 0.161 e. The third-order valence-corrected chi connectivity index (χ3v) is 12.3. The quantitative estimate of drug-likeness (QED) is 0.169. The van der Waals surface area contributed by atoms with Crippen molar-refractivity contribution in [3.8, 4) is 78.4 Å². The summed E-state index contributed by atoms with van der Waals surface area (Å²) in [5.74, 6) is 0.701. The zero-order chi connectivity index (χ0) is 39.5. The molecule has 0 atom stereocenters. The minimum Gasteiger partial charge on any atom is -0.228 e. The van der Waals surface area contributed by atoms with Crippen LogP contribution in [0.4, 0.5) is 0 Å². The van der Waals surface area contributed by atoms with Gasteiger partial charge in [0.15, 0.2) is 5.82 Å². The molecule has 0 saturated heterocycles. The molecule has 1 aromatic heterocycles. The van der Waals surface area contributed by atoms with Crippen LogP contribution in [-0.2, 0) is 5.41 Å². The average molecular weight is 753 g/mol. The van der Waals surface area contributed by atoms with E-state index >= 15 is 0 Å². The summed E-state index contributed by atoms with van der Waals surface area (Å²) in [5, 5.41) is 4.92. The van der Waals surface area contributed by atoms with Gasteiger partial charge < -0.3 is 0 Å². The maximum Gasteiger partial charge on any atom is 0.161 e. The molecule has 0 bridgehead atoms. The van der Waals surface area contributed by atoms with Crippen LogP contribution in [0.2, 0.25) is 0 Å². The van der Waals surface area contributed by atoms with E-state index in [1.54, 1.807) is 0 Å². The van der Waals surface area contributed by atoms with Crippen molar-refractivity contribution in [1.29, 1.82) is 0 Å². The largest absolute Gasteiger partial charge is 0.228 e. The predicted molar refractivity (Wildman–Crippen MR) is 247 cm³/mol. The van der Waals surface area contributed by atoms with Crippen LogP contribution < -0.4 is 0 Å². The second kappa shape index (κ2) is 13.9. The first-order chi connectivity index (χ1) is 29.0. The maximum absolute atomic E-state index is 5.44. The van der Waals surface area contributed by atoms with Gasteiger partial charge in [-0.05, 0) is 101 Å². The number of aromatic nitrogens is 2. The standard InChI is InChI=1S/C57H40N2/c1-57(2)52-33-28-42(35-51(52)48-30-26-39-20-12-13-23-44(39)55(48)57)43-31-32-49(46-25-15-14-24-45(43)46)56-58-53(40-21-10-5-11-22-40)36-54(59-56)47-29-27-41(37-16-6-3-7-17-37)34-50(47)38-18-8-4-9-19-38/h3-36H,1-2H3. The maximum atomic E-state index is 5.44. The fourth-order valence-electron chi connectivity index (χ4n) is 9.43. The Bertz CT molecular complexity index is 3220. The summed E-state index contributed by atoms with van der Waals surface area (Å²) < 4.78 is 0. The molecule has 0 aliphatic heterocycles. The Balaban J connectivity index is 1.08. The van der Waals surface area contributed by atoms with E-state index in [2.05, 4.69) is 220 Å². The first-order valence-electron chi connectivity index (χ1n) is 20.4. The lowest BCUT2D eigenvalue weighted by atomic mass is 9.80. The fourth-order valence-corrected chi connectivity index (χ4v) is 9.43. The Morgan fingerprint density at radius 1 is 0.322 bits per heavy atom. The topological polar surface area (TPSA) is 25.8 Å². The summed E-state index contributed by atoms with van der Waals surface area (Å²) >= 11 is 0. The van der Waals surface area contributed by atoms with Crippen molar-refractivity contribution in [2.45, 2.75) is 19.3 Å². The third-order valence-electron chi connectivity index (χ3n) is 12.3. The van der Waals surface area contributed by atoms with Crippen LogP contribution in [-0.4, -0.2) is 9.97 Å². The molecule has 1 aliphatic carbocycles. The average Bonchev–Trinajstić information content (AvgIpc) is 3.54. The molecular formula is C57H40N2. The van der Waals surface area contributed by atoms with Crippen molar-refractivity contribution < 1.29 is 0 Å². The van der Waals surface area contributed by atoms with E-state index < -0.39 is 0 Å². The van der Waals surface area contributed by atoms with Crippen molar-refractivity contribution in [3.63, 3.8) is 0 Å². The molecule has 0 N–H and O–H groups in total. The van der Waals surface area contributed by atoms with Gasteiger partial charge in [0.1, 0.15) is 0 Å². The molecule has 0 amide bonds. The highest BCUT2D eigenvalue weighted by atomic mass is 14.9. The summed E-state index contributed by atoms with van der Waals surface area (Å²) in [4.78, 5) is 10.8. The Labute approximate surface area is 345 Å². The van der Waals surface area contributed by atoms with Crippen molar-refractivity contribution >= 4 is 21.5 Å². The van der Waals surface area contributed by atoms with Gasteiger partial charge >= 0.3 is 0 Å². The van der Waals surface area contributed by atoms with Crippen LogP contribution in [0.3, 0.4) is 0 Å². The second-order valence-corrected chi connectivity index (χ2v) is 16.1. The third kappa shape index (κ3) is 5.87. The lowest BCUT2D eigenvalue weighted by molar-refractivity contribution is 0.666. The Hall–Kier alpha value is -7.42. The summed E-state index contributed by atoms with van der Waals surface area (Å²) in [6.07, 6.45) is 0. The van der Waals surface area contributed by atoms with Crippen molar-refractivity contribution in [1.82, 2.24) is 9.97 Å². The second-order valence-electron chi connectivity index (χ2n) is 16.1. The molecule has 10 aromatic rings. The van der Waals surface area contributed by atoms with Gasteiger partial charge in [0, 0.05) is 22.1 Å². The van der Waals surface area contributed by atoms with Crippen LogP contribution in [0, 0.1) is 0 Å². The summed E-state index contributed by atoms with van der Waals surface area (Å²) in [7, 11) is 0. The molecule has 1 heterocycles. The monoisotopic (exact) mass is 752 g/mol. The van der Waals surface area contributed by atoms with Gasteiger partial charge in [0.2, 0.25) is 0 Å². The van der Waals surface area contributed by atoms with Gasteiger partial charge in [-0.25, -0.2) is 9.97 Å². The van der Waals surface area contributed by atoms with Crippen LogP contribution in [0.5, 0.6) is 0 Å². The van der Waals surface area contributed by atoms with Gasteiger partial charge in [0.05, 0.1) is 11.4 Å². The highest BCUT2D eigenvalue weighted by Crippen LogP contribution is 2.52. The molecule has 0 saturated carbocycles. The molecule has 2 nitrogen and oxygen atoms in total. The predicted octanol–water partition coefficient (Wildman–Crippen LogP) is 15.1. The molecule has 0 spiro atoms. The fraction of sp³-hybridized carbons (Fsp3) is 0.0526. The minimum absolute atomic E-state index is 0.100. The molecule has 59 heavy (non-hydrogen) atoms. The highest BCUT2D eigenvalue weighted by molar-refractivity contribution is 6.06. The summed E-state index contributed by atoms with van der Waals surface area (Å²) in [6, 6.07) is 74.2. The molecule has 278 valence electrons. The molecular weight excluding hydrogens is 713 g/mol. The molecule has 11 rings (SSSR count). The number of hydrogen-bond donors (Lipinski definition) is 0. The van der Waals surface area contributed by atoms with Crippen molar-refractivity contribution in [3.05, 3.63) is 217 Å². The number of rotatable bonds is 6. The van der Waals surface area contributed by atoms with Crippen LogP contribution in [0.15, 0.2) is 206 Å². The van der Waals surface area contributed by atoms with Crippen molar-refractivity contribution in [2.24, 2.45) is 0 Å². The van der Waals surface area contributed by atoms with E-state index in [1.165, 1.54) is 60.7 Å². The lowest BCUT2D eigenvalue weighted by Crippen LogP contribution is -2.15. The number of fused-ring (bicyclic) bond motifs is 6. The van der Waals surface area contributed by atoms with Gasteiger partial charge in [-0.15, -0.1) is 0 Å². The van der Waals surface area contributed by atoms with Crippen LogP contribution in [0.25, 0.3) is 100.0 Å². The first-order valence-corrected chi connectivity index (χ1v) is 20.4. The SMILES string of the molecule is CC1(C)c2ccc(-c3ccc(-c4nc(-c5ccccc5)cc(-c5ccc(-c6ccccc6)cc5-c5ccccc5)n4)c4ccccc34)cc2-c2ccc3ccccc3c21. The van der Waals surface area contributed by atoms with E-state index in [0.29, 0.717) is 5.82 Å². The van der Waals surface area contributed by atoms with E-state index in [4.69, 9.17) is 9.97 Å². The highest BCUT2D eigenvalue weighted by Gasteiger charge is 2.37. The molecule has 9 aromatic carbocycles. The van der Waals surface area contributed by atoms with Gasteiger partial charge in [0.25, 0.3) is 0 Å². The summed E-state index contributed by atoms with van der Waals surface area (Å²) in [5.41, 5.74) is 17.2. The zero-order valence-corrected chi connectivity index (χ0v) is 33.0. The number of hydrogen-bond acceptors (Lipinski definition) is 2. The van der Waals surface area contributed by atoms with E-state index in [0.717, 1.165) is 44.6 Å². The minimum atomic E-state index is -0.100. The van der Waals surface area contributed by atoms with Gasteiger partial charge in [-0.1, -0.05) is 196 Å². The van der Waals surface area contributed by atoms with Crippen LogP contribution >= 0.6 is 0 Å². The Morgan fingerprint density at radius 2 is 0.864 bits per heavy atom. The normalized spacial score (nSPS) is 12.7. The lowest BCUT2D eigenvalue weighted by Gasteiger charge is -2.23. The summed E-state index contributed by atoms with van der Waals surface area (Å²) in [6.45, 7) is 4.73. The molecule has 0 fully saturated rings. The number of nitrogens with zero attached hydrogens (tertiary/aromatic N) is 2. The molecule has 2 heteroatoms. The Kier molecular flexibility index (Phi) is 8.20. The van der Waals surface area contributed by atoms with E-state index in [1.807, 2.05) is 0 Å².